The lowest BCUT2D eigenvalue weighted by Gasteiger charge is -2.39. The van der Waals surface area contributed by atoms with Crippen molar-refractivity contribution in [1.29, 1.82) is 0 Å². The van der Waals surface area contributed by atoms with Crippen molar-refractivity contribution in [2.75, 3.05) is 0 Å². The highest BCUT2D eigenvalue weighted by Gasteiger charge is 2.36. The van der Waals surface area contributed by atoms with E-state index in [2.05, 4.69) is 20.4 Å². The van der Waals surface area contributed by atoms with Gasteiger partial charge in [-0.1, -0.05) is 20.4 Å². The van der Waals surface area contributed by atoms with Gasteiger partial charge >= 0.3 is 5.97 Å². The van der Waals surface area contributed by atoms with E-state index in [4.69, 9.17) is 4.74 Å². The number of esters is 1. The van der Waals surface area contributed by atoms with Crippen LogP contribution in [0, 0.1) is 17.8 Å². The molecule has 2 nitrogen and oxygen atoms in total. The maximum Gasteiger partial charge on any atom is 0.333 e. The molecule has 0 amide bonds. The molecule has 0 radical (unpaired) electrons. The number of hydrogen-bond acceptors (Lipinski definition) is 2. The first-order valence-electron chi connectivity index (χ1n) is 7.13. The van der Waals surface area contributed by atoms with Crippen molar-refractivity contribution >= 4 is 5.97 Å². The third-order valence-electron chi connectivity index (χ3n) is 4.40. The molecule has 1 aliphatic rings. The number of hydrogen-bond donors (Lipinski definition) is 0. The zero-order valence-corrected chi connectivity index (χ0v) is 12.6. The highest BCUT2D eigenvalue weighted by atomic mass is 16.6. The molecule has 0 aromatic rings. The van der Waals surface area contributed by atoms with Crippen LogP contribution in [-0.2, 0) is 9.53 Å². The third kappa shape index (κ3) is 3.86. The Balaban J connectivity index is 2.55. The minimum absolute atomic E-state index is 0.258. The van der Waals surface area contributed by atoms with E-state index in [1.54, 1.807) is 6.92 Å². The Hall–Kier alpha value is -0.790. The first kappa shape index (κ1) is 15.3. The van der Waals surface area contributed by atoms with Crippen molar-refractivity contribution in [3.05, 3.63) is 12.2 Å². The van der Waals surface area contributed by atoms with E-state index in [0.717, 1.165) is 11.8 Å². The van der Waals surface area contributed by atoms with Crippen LogP contribution in [0.5, 0.6) is 0 Å². The maximum absolute atomic E-state index is 11.7. The van der Waals surface area contributed by atoms with Crippen molar-refractivity contribution in [2.24, 2.45) is 17.8 Å². The van der Waals surface area contributed by atoms with E-state index in [1.807, 2.05) is 13.8 Å². The topological polar surface area (TPSA) is 26.3 Å². The van der Waals surface area contributed by atoms with Gasteiger partial charge in [0.05, 0.1) is 0 Å². The van der Waals surface area contributed by atoms with Gasteiger partial charge in [0, 0.05) is 5.57 Å². The fraction of sp³-hybridized carbons (Fsp3) is 0.812. The van der Waals surface area contributed by atoms with Crippen molar-refractivity contribution in [3.63, 3.8) is 0 Å². The van der Waals surface area contributed by atoms with Crippen LogP contribution in [0.3, 0.4) is 0 Å². The molecule has 0 unspecified atom stereocenters. The second kappa shape index (κ2) is 5.90. The second-order valence-electron chi connectivity index (χ2n) is 6.63. The van der Waals surface area contributed by atoms with Gasteiger partial charge in [-0.3, -0.25) is 0 Å². The van der Waals surface area contributed by atoms with E-state index in [-0.39, 0.29) is 11.6 Å². The molecule has 1 aliphatic carbocycles. The zero-order chi connectivity index (χ0) is 13.9. The molecule has 0 atom stereocenters. The highest BCUT2D eigenvalue weighted by Crippen LogP contribution is 2.39. The predicted octanol–water partition coefficient (Wildman–Crippen LogP) is 4.35. The summed E-state index contributed by atoms with van der Waals surface area (Å²) in [5, 5.41) is 0. The summed E-state index contributed by atoms with van der Waals surface area (Å²) in [5.41, 5.74) is 0.122. The first-order chi connectivity index (χ1) is 8.24. The smallest absolute Gasteiger partial charge is 0.333 e. The number of rotatable bonds is 4. The summed E-state index contributed by atoms with van der Waals surface area (Å²) in [6, 6.07) is 0. The molecule has 0 N–H and O–H groups in total. The Kier molecular flexibility index (Phi) is 5.01. The first-order valence-corrected chi connectivity index (χ1v) is 7.13. The quantitative estimate of drug-likeness (QED) is 0.549. The summed E-state index contributed by atoms with van der Waals surface area (Å²) in [7, 11) is 0. The van der Waals surface area contributed by atoms with Crippen LogP contribution in [0.4, 0.5) is 0 Å². The van der Waals surface area contributed by atoms with Gasteiger partial charge in [0.2, 0.25) is 0 Å². The average Bonchev–Trinajstić information content (AvgIpc) is 2.28. The van der Waals surface area contributed by atoms with Crippen LogP contribution in [0.2, 0.25) is 0 Å². The van der Waals surface area contributed by atoms with Gasteiger partial charge in [0.25, 0.3) is 0 Å². The van der Waals surface area contributed by atoms with Crippen LogP contribution >= 0.6 is 0 Å². The Labute approximate surface area is 112 Å². The molecule has 0 heterocycles. The normalized spacial score (nSPS) is 25.0. The van der Waals surface area contributed by atoms with Gasteiger partial charge in [0.15, 0.2) is 0 Å². The Morgan fingerprint density at radius 2 is 1.72 bits per heavy atom. The molecule has 0 bridgehead atoms. The summed E-state index contributed by atoms with van der Waals surface area (Å²) in [6.45, 7) is 14.0. The van der Waals surface area contributed by atoms with E-state index in [9.17, 15) is 4.79 Å². The van der Waals surface area contributed by atoms with Crippen molar-refractivity contribution in [2.45, 2.75) is 65.9 Å². The van der Waals surface area contributed by atoms with Crippen molar-refractivity contribution in [1.82, 2.24) is 0 Å². The van der Waals surface area contributed by atoms with Gasteiger partial charge in [-0.15, -0.1) is 0 Å². The maximum atomic E-state index is 11.7. The lowest BCUT2D eigenvalue weighted by atomic mass is 9.72. The molecular formula is C16H28O2. The Morgan fingerprint density at radius 1 is 1.22 bits per heavy atom. The van der Waals surface area contributed by atoms with E-state index in [0.29, 0.717) is 11.5 Å². The molecule has 2 heteroatoms. The van der Waals surface area contributed by atoms with Crippen molar-refractivity contribution in [3.8, 4) is 0 Å². The molecular weight excluding hydrogens is 224 g/mol. The molecule has 0 aromatic carbocycles. The fourth-order valence-electron chi connectivity index (χ4n) is 2.89. The van der Waals surface area contributed by atoms with Crippen LogP contribution in [0.1, 0.15) is 60.3 Å². The van der Waals surface area contributed by atoms with Crippen LogP contribution in [-0.4, -0.2) is 11.6 Å². The van der Waals surface area contributed by atoms with Crippen molar-refractivity contribution < 1.29 is 9.53 Å². The largest absolute Gasteiger partial charge is 0.456 e. The summed E-state index contributed by atoms with van der Waals surface area (Å²) in [6.07, 6.45) is 4.85. The molecule has 0 saturated heterocycles. The van der Waals surface area contributed by atoms with E-state index < -0.39 is 0 Å². The molecule has 1 fully saturated rings. The monoisotopic (exact) mass is 252 g/mol. The SMILES string of the molecule is C=C(C)C(=O)OC(C)(C)C1CCC(C(C)C)CC1. The number of carbonyl (C=O) groups is 1. The molecule has 0 aliphatic heterocycles. The Morgan fingerprint density at radius 3 is 2.11 bits per heavy atom. The average molecular weight is 252 g/mol. The molecule has 1 rings (SSSR count). The van der Waals surface area contributed by atoms with E-state index >= 15 is 0 Å². The summed E-state index contributed by atoms with van der Waals surface area (Å²) in [4.78, 5) is 11.7. The zero-order valence-electron chi connectivity index (χ0n) is 12.6. The predicted molar refractivity (Wildman–Crippen MR) is 75.3 cm³/mol. The molecule has 0 aromatic heterocycles. The van der Waals surface area contributed by atoms with Gasteiger partial charge in [-0.2, -0.15) is 0 Å². The fourth-order valence-corrected chi connectivity index (χ4v) is 2.89. The summed E-state index contributed by atoms with van der Waals surface area (Å²) < 4.78 is 5.60. The Bertz CT molecular complexity index is 307. The summed E-state index contributed by atoms with van der Waals surface area (Å²) >= 11 is 0. The van der Waals surface area contributed by atoms with Gasteiger partial charge in [0.1, 0.15) is 5.60 Å². The highest BCUT2D eigenvalue weighted by molar-refractivity contribution is 5.87. The third-order valence-corrected chi connectivity index (χ3v) is 4.40. The molecule has 18 heavy (non-hydrogen) atoms. The summed E-state index contributed by atoms with van der Waals surface area (Å²) in [5.74, 6) is 1.84. The van der Waals surface area contributed by atoms with E-state index in [1.165, 1.54) is 25.7 Å². The lowest BCUT2D eigenvalue weighted by Crippen LogP contribution is -2.39. The van der Waals surface area contributed by atoms with Gasteiger partial charge in [-0.25, -0.2) is 4.79 Å². The standard InChI is InChI=1S/C16H28O2/c1-11(2)13-7-9-14(10-8-13)16(5,6)18-15(17)12(3)4/h11,13-14H,3,7-10H2,1-2,4-6H3. The molecule has 1 saturated carbocycles. The number of ether oxygens (including phenoxy) is 1. The minimum Gasteiger partial charge on any atom is -0.456 e. The second-order valence-corrected chi connectivity index (χ2v) is 6.63. The minimum atomic E-state index is -0.363. The number of carbonyl (C=O) groups excluding carboxylic acids is 1. The van der Waals surface area contributed by atoms with Crippen LogP contribution in [0.15, 0.2) is 12.2 Å². The lowest BCUT2D eigenvalue weighted by molar-refractivity contribution is -0.158. The van der Waals surface area contributed by atoms with Crippen LogP contribution in [0.25, 0.3) is 0 Å². The molecule has 0 spiro atoms. The van der Waals surface area contributed by atoms with Crippen LogP contribution < -0.4 is 0 Å². The van der Waals surface area contributed by atoms with Gasteiger partial charge in [-0.05, 0) is 64.2 Å². The van der Waals surface area contributed by atoms with Gasteiger partial charge < -0.3 is 4.74 Å². The molecule has 104 valence electrons.